The monoisotopic (exact) mass is 688 g/mol. The van der Waals surface area contributed by atoms with Gasteiger partial charge in [-0.05, 0) is 92.5 Å². The lowest BCUT2D eigenvalue weighted by molar-refractivity contribution is 0.669. The molecule has 1 aliphatic rings. The van der Waals surface area contributed by atoms with Gasteiger partial charge in [-0.1, -0.05) is 133 Å². The first-order valence-corrected chi connectivity index (χ1v) is 18.8. The van der Waals surface area contributed by atoms with Crippen molar-refractivity contribution in [2.45, 2.75) is 12.8 Å². The minimum absolute atomic E-state index is 0.871. The molecule has 3 heteroatoms. The van der Waals surface area contributed by atoms with Gasteiger partial charge in [-0.3, -0.25) is 4.57 Å². The molecule has 12 rings (SSSR count). The fourth-order valence-corrected chi connectivity index (χ4v) is 9.29. The smallest absolute Gasteiger partial charge is 0.136 e. The number of benzene rings is 9. The van der Waals surface area contributed by atoms with Crippen molar-refractivity contribution in [3.63, 3.8) is 0 Å². The fourth-order valence-electron chi connectivity index (χ4n) is 9.29. The SMILES string of the molecule is C1=C(n2c3ccc4ccccc4c3c3c4c5ccccc5c5ccccc5c4ccc32)N=C(c2ccc3c(c2)oc2ccccc23)c2ccccc2CC1. The number of allylic oxidation sites excluding steroid dienone is 1. The lowest BCUT2D eigenvalue weighted by atomic mass is 9.91. The van der Waals surface area contributed by atoms with Crippen molar-refractivity contribution in [3.8, 4) is 0 Å². The van der Waals surface area contributed by atoms with Crippen molar-refractivity contribution in [2.24, 2.45) is 4.99 Å². The van der Waals surface area contributed by atoms with Crippen LogP contribution in [0.3, 0.4) is 0 Å². The summed E-state index contributed by atoms with van der Waals surface area (Å²) >= 11 is 0. The normalized spacial score (nSPS) is 13.6. The predicted octanol–water partition coefficient (Wildman–Crippen LogP) is 13.6. The maximum atomic E-state index is 6.41. The molecule has 3 heterocycles. The molecule has 0 saturated carbocycles. The van der Waals surface area contributed by atoms with Crippen molar-refractivity contribution in [3.05, 3.63) is 187 Å². The molecule has 0 bridgehead atoms. The quantitative estimate of drug-likeness (QED) is 0.166. The Morgan fingerprint density at radius 2 is 1.07 bits per heavy atom. The third-order valence-electron chi connectivity index (χ3n) is 11.6. The van der Waals surface area contributed by atoms with Gasteiger partial charge in [-0.15, -0.1) is 0 Å². The van der Waals surface area contributed by atoms with E-state index < -0.39 is 0 Å². The number of aliphatic imine (C=N–C) groups is 1. The fraction of sp³-hybridized carbons (Fsp3) is 0.0392. The van der Waals surface area contributed by atoms with E-state index in [1.807, 2.05) is 12.1 Å². The predicted molar refractivity (Wildman–Crippen MR) is 228 cm³/mol. The second kappa shape index (κ2) is 11.3. The van der Waals surface area contributed by atoms with Crippen LogP contribution in [0.25, 0.3) is 92.7 Å². The summed E-state index contributed by atoms with van der Waals surface area (Å²) in [6.45, 7) is 0. The Labute approximate surface area is 310 Å². The van der Waals surface area contributed by atoms with Gasteiger partial charge >= 0.3 is 0 Å². The van der Waals surface area contributed by atoms with Gasteiger partial charge in [0, 0.05) is 38.1 Å². The molecule has 0 aliphatic carbocycles. The minimum Gasteiger partial charge on any atom is -0.456 e. The Bertz CT molecular complexity index is 3410. The highest BCUT2D eigenvalue weighted by molar-refractivity contribution is 6.38. The average molecular weight is 689 g/mol. The van der Waals surface area contributed by atoms with Crippen LogP contribution in [0.15, 0.2) is 179 Å². The molecule has 1 aliphatic heterocycles. The highest BCUT2D eigenvalue weighted by Crippen LogP contribution is 2.45. The lowest BCUT2D eigenvalue weighted by Crippen LogP contribution is -2.11. The molecule has 54 heavy (non-hydrogen) atoms. The number of hydrogen-bond donors (Lipinski definition) is 0. The summed E-state index contributed by atoms with van der Waals surface area (Å²) in [5, 5.41) is 14.9. The van der Waals surface area contributed by atoms with E-state index in [-0.39, 0.29) is 0 Å². The van der Waals surface area contributed by atoms with E-state index in [0.717, 1.165) is 68.5 Å². The van der Waals surface area contributed by atoms with E-state index in [4.69, 9.17) is 9.41 Å². The number of aryl methyl sites for hydroxylation is 1. The molecule has 9 aromatic carbocycles. The number of furan rings is 1. The van der Waals surface area contributed by atoms with Gasteiger partial charge in [0.05, 0.1) is 16.7 Å². The maximum absolute atomic E-state index is 6.41. The van der Waals surface area contributed by atoms with Gasteiger partial charge < -0.3 is 4.42 Å². The molecule has 3 nitrogen and oxygen atoms in total. The van der Waals surface area contributed by atoms with E-state index >= 15 is 0 Å². The zero-order valence-corrected chi connectivity index (χ0v) is 29.4. The summed E-state index contributed by atoms with van der Waals surface area (Å²) in [7, 11) is 0. The molecule has 0 saturated heterocycles. The number of nitrogens with zero attached hydrogens (tertiary/aromatic N) is 2. The van der Waals surface area contributed by atoms with Crippen LogP contribution >= 0.6 is 0 Å². The molecule has 0 unspecified atom stereocenters. The summed E-state index contributed by atoms with van der Waals surface area (Å²) in [5.41, 5.74) is 8.53. The second-order valence-corrected chi connectivity index (χ2v) is 14.5. The number of fused-ring (bicyclic) bond motifs is 16. The highest BCUT2D eigenvalue weighted by atomic mass is 16.3. The number of rotatable bonds is 2. The molecule has 0 spiro atoms. The molecule has 2 aromatic heterocycles. The number of para-hydroxylation sites is 1. The van der Waals surface area contributed by atoms with E-state index in [1.165, 1.54) is 59.4 Å². The Hall–Kier alpha value is -6.97. The minimum atomic E-state index is 0.871. The van der Waals surface area contributed by atoms with Crippen molar-refractivity contribution in [2.75, 3.05) is 0 Å². The van der Waals surface area contributed by atoms with Crippen LogP contribution in [0, 0.1) is 0 Å². The van der Waals surface area contributed by atoms with Gasteiger partial charge in [0.1, 0.15) is 17.0 Å². The molecule has 11 aromatic rings. The zero-order chi connectivity index (χ0) is 35.3. The van der Waals surface area contributed by atoms with Crippen LogP contribution in [-0.2, 0) is 6.42 Å². The Morgan fingerprint density at radius 3 is 1.93 bits per heavy atom. The Balaban J connectivity index is 1.21. The standard InChI is InChI=1S/C51H32N2O/c1-3-15-34-32(13-1)25-28-43-49(34)50-44(29-27-42-38-19-6-5-17-36(38)37-18-7-8-21-41(37)48(42)50)53(43)47-23-11-14-31-12-2-4-16-35(31)51(52-47)33-24-26-40-39-20-9-10-22-45(39)54-46(40)30-33/h1-10,12-13,15-30H,11,14H2. The van der Waals surface area contributed by atoms with Gasteiger partial charge in [-0.25, -0.2) is 4.99 Å². The van der Waals surface area contributed by atoms with Crippen LogP contribution in [0.4, 0.5) is 0 Å². The number of aromatic nitrogens is 1. The summed E-state index contributed by atoms with van der Waals surface area (Å²) in [6, 6.07) is 59.4. The first kappa shape index (κ1) is 29.6. The van der Waals surface area contributed by atoms with Crippen LogP contribution in [0.2, 0.25) is 0 Å². The molecule has 0 amide bonds. The van der Waals surface area contributed by atoms with Crippen molar-refractivity contribution < 1.29 is 4.42 Å². The summed E-state index contributed by atoms with van der Waals surface area (Å²) in [4.78, 5) is 5.72. The molecule has 252 valence electrons. The van der Waals surface area contributed by atoms with Gasteiger partial charge in [-0.2, -0.15) is 0 Å². The topological polar surface area (TPSA) is 30.4 Å². The Morgan fingerprint density at radius 1 is 0.463 bits per heavy atom. The van der Waals surface area contributed by atoms with Crippen LogP contribution < -0.4 is 0 Å². The third kappa shape index (κ3) is 4.15. The van der Waals surface area contributed by atoms with Crippen LogP contribution in [0.1, 0.15) is 23.1 Å². The van der Waals surface area contributed by atoms with Gasteiger partial charge in [0.15, 0.2) is 0 Å². The summed E-state index contributed by atoms with van der Waals surface area (Å²) < 4.78 is 8.84. The lowest BCUT2D eigenvalue weighted by Gasteiger charge is -2.18. The molecule has 0 N–H and O–H groups in total. The van der Waals surface area contributed by atoms with Crippen molar-refractivity contribution in [1.29, 1.82) is 0 Å². The van der Waals surface area contributed by atoms with E-state index in [0.29, 0.717) is 0 Å². The summed E-state index contributed by atoms with van der Waals surface area (Å²) in [6.07, 6.45) is 4.14. The molecule has 0 atom stereocenters. The first-order chi connectivity index (χ1) is 26.8. The van der Waals surface area contributed by atoms with E-state index in [9.17, 15) is 0 Å². The van der Waals surface area contributed by atoms with Gasteiger partial charge in [0.25, 0.3) is 0 Å². The van der Waals surface area contributed by atoms with E-state index in [2.05, 4.69) is 162 Å². The van der Waals surface area contributed by atoms with Crippen molar-refractivity contribution in [1.82, 2.24) is 4.57 Å². The Kier molecular flexibility index (Phi) is 6.17. The molecule has 0 radical (unpaired) electrons. The molecular weight excluding hydrogens is 657 g/mol. The van der Waals surface area contributed by atoms with Crippen LogP contribution in [-0.4, -0.2) is 10.3 Å². The highest BCUT2D eigenvalue weighted by Gasteiger charge is 2.23. The number of hydrogen-bond acceptors (Lipinski definition) is 2. The molecule has 0 fully saturated rings. The maximum Gasteiger partial charge on any atom is 0.136 e. The average Bonchev–Trinajstić information content (AvgIpc) is 3.77. The zero-order valence-electron chi connectivity index (χ0n) is 29.4. The van der Waals surface area contributed by atoms with E-state index in [1.54, 1.807) is 0 Å². The van der Waals surface area contributed by atoms with Crippen LogP contribution in [0.5, 0.6) is 0 Å². The largest absolute Gasteiger partial charge is 0.456 e. The van der Waals surface area contributed by atoms with Crippen molar-refractivity contribution >= 4 is 98.4 Å². The first-order valence-electron chi connectivity index (χ1n) is 18.8. The summed E-state index contributed by atoms with van der Waals surface area (Å²) in [5.74, 6) is 0.934. The molecular formula is C51H32N2O. The third-order valence-corrected chi connectivity index (χ3v) is 11.6. The van der Waals surface area contributed by atoms with Gasteiger partial charge in [0.2, 0.25) is 0 Å². The second-order valence-electron chi connectivity index (χ2n) is 14.5.